The average Bonchev–Trinajstić information content (AvgIpc) is 2.74. The molecule has 0 bridgehead atoms. The van der Waals surface area contributed by atoms with Crippen molar-refractivity contribution in [2.24, 2.45) is 0 Å². The quantitative estimate of drug-likeness (QED) is 0.306. The number of benzene rings is 2. The van der Waals surface area contributed by atoms with Gasteiger partial charge in [-0.1, -0.05) is 19.1 Å². The number of ether oxygens (including phenoxy) is 3. The van der Waals surface area contributed by atoms with E-state index in [4.69, 9.17) is 14.2 Å². The Balaban J connectivity index is 2.32. The molecule has 178 valence electrons. The Hall–Kier alpha value is -3.81. The summed E-state index contributed by atoms with van der Waals surface area (Å²) in [5, 5.41) is 0. The van der Waals surface area contributed by atoms with Gasteiger partial charge in [0.05, 0.1) is 30.2 Å². The molecule has 0 atom stereocenters. The third kappa shape index (κ3) is 4.62. The number of ketones is 3. The van der Waals surface area contributed by atoms with Gasteiger partial charge in [0.25, 0.3) is 0 Å². The molecule has 0 spiro atoms. The molecule has 0 saturated carbocycles. The first-order chi connectivity index (χ1) is 15.9. The molecule has 0 saturated heterocycles. The van der Waals surface area contributed by atoms with Gasteiger partial charge in [0, 0.05) is 17.5 Å². The molecule has 0 aromatic heterocycles. The van der Waals surface area contributed by atoms with Crippen molar-refractivity contribution < 1.29 is 38.2 Å². The molecule has 0 fully saturated rings. The largest absolute Gasteiger partial charge is 0.496 e. The number of rotatable bonds is 6. The zero-order valence-corrected chi connectivity index (χ0v) is 20.0. The SMILES string of the molecule is CCC(=O)Oc1c(C(C)=O)c(CC(=O)OC(C)(C)C)cc2c1C(=O)c1c(OC)cccc1C2=O. The predicted molar refractivity (Wildman–Crippen MR) is 122 cm³/mol. The second-order valence-electron chi connectivity index (χ2n) is 8.85. The first-order valence-corrected chi connectivity index (χ1v) is 10.8. The Morgan fingerprint density at radius 1 is 0.941 bits per heavy atom. The van der Waals surface area contributed by atoms with Crippen LogP contribution in [0.5, 0.6) is 11.5 Å². The van der Waals surface area contributed by atoms with E-state index in [9.17, 15) is 24.0 Å². The minimum atomic E-state index is -0.777. The highest BCUT2D eigenvalue weighted by Gasteiger charge is 2.38. The fraction of sp³-hybridized carbons (Fsp3) is 0.346. The van der Waals surface area contributed by atoms with Crippen LogP contribution >= 0.6 is 0 Å². The number of carbonyl (C=O) groups excluding carboxylic acids is 5. The van der Waals surface area contributed by atoms with Crippen LogP contribution < -0.4 is 9.47 Å². The van der Waals surface area contributed by atoms with Gasteiger partial charge in [-0.2, -0.15) is 0 Å². The Bertz CT molecular complexity index is 1230. The Morgan fingerprint density at radius 2 is 1.62 bits per heavy atom. The Labute approximate surface area is 197 Å². The van der Waals surface area contributed by atoms with Gasteiger partial charge in [-0.05, 0) is 45.4 Å². The Kier molecular flexibility index (Phi) is 6.72. The summed E-state index contributed by atoms with van der Waals surface area (Å²) in [6.07, 6.45) is -0.396. The fourth-order valence-electron chi connectivity index (χ4n) is 3.86. The summed E-state index contributed by atoms with van der Waals surface area (Å²) in [6, 6.07) is 5.94. The number of hydrogen-bond acceptors (Lipinski definition) is 8. The summed E-state index contributed by atoms with van der Waals surface area (Å²) in [5.74, 6) is -3.16. The minimum absolute atomic E-state index is 0.0192. The minimum Gasteiger partial charge on any atom is -0.496 e. The molecule has 8 heteroatoms. The van der Waals surface area contributed by atoms with Crippen LogP contribution in [0.15, 0.2) is 24.3 Å². The molecule has 1 aliphatic carbocycles. The van der Waals surface area contributed by atoms with E-state index >= 15 is 0 Å². The van der Waals surface area contributed by atoms with E-state index in [1.54, 1.807) is 33.8 Å². The van der Waals surface area contributed by atoms with Crippen molar-refractivity contribution in [2.75, 3.05) is 7.11 Å². The van der Waals surface area contributed by atoms with Crippen LogP contribution in [0.2, 0.25) is 0 Å². The van der Waals surface area contributed by atoms with Crippen LogP contribution in [-0.4, -0.2) is 42.0 Å². The van der Waals surface area contributed by atoms with E-state index < -0.39 is 34.9 Å². The lowest BCUT2D eigenvalue weighted by Crippen LogP contribution is -2.28. The van der Waals surface area contributed by atoms with Gasteiger partial charge in [0.2, 0.25) is 5.78 Å². The molecule has 0 unspecified atom stereocenters. The van der Waals surface area contributed by atoms with Crippen molar-refractivity contribution in [3.8, 4) is 11.5 Å². The molecule has 0 aliphatic heterocycles. The predicted octanol–water partition coefficient (Wildman–Crippen LogP) is 3.87. The van der Waals surface area contributed by atoms with Crippen molar-refractivity contribution in [3.63, 3.8) is 0 Å². The smallest absolute Gasteiger partial charge is 0.310 e. The summed E-state index contributed by atoms with van der Waals surface area (Å²) in [6.45, 7) is 7.88. The summed E-state index contributed by atoms with van der Waals surface area (Å²) in [5.41, 5.74) is -0.900. The van der Waals surface area contributed by atoms with Gasteiger partial charge in [0.15, 0.2) is 17.3 Å². The summed E-state index contributed by atoms with van der Waals surface area (Å²) >= 11 is 0. The van der Waals surface area contributed by atoms with E-state index in [1.165, 1.54) is 32.2 Å². The fourth-order valence-corrected chi connectivity index (χ4v) is 3.86. The van der Waals surface area contributed by atoms with E-state index in [0.717, 1.165) is 0 Å². The van der Waals surface area contributed by atoms with Gasteiger partial charge < -0.3 is 14.2 Å². The van der Waals surface area contributed by atoms with Gasteiger partial charge in [-0.15, -0.1) is 0 Å². The second kappa shape index (κ2) is 9.21. The maximum Gasteiger partial charge on any atom is 0.310 e. The lowest BCUT2D eigenvalue weighted by atomic mass is 9.80. The number of fused-ring (bicyclic) bond motifs is 2. The third-order valence-corrected chi connectivity index (χ3v) is 5.16. The molecular weight excluding hydrogens is 440 g/mol. The standard InChI is InChI=1S/C26H26O8/c1-7-18(28)33-25-20(13(2)27)14(12-19(29)34-26(3,4)5)11-16-22(25)24(31)21-15(23(16)30)9-8-10-17(21)32-6/h8-11H,7,12H2,1-6H3. The zero-order valence-electron chi connectivity index (χ0n) is 20.0. The van der Waals surface area contributed by atoms with Crippen molar-refractivity contribution in [2.45, 2.75) is 53.1 Å². The lowest BCUT2D eigenvalue weighted by molar-refractivity contribution is -0.153. The summed E-state index contributed by atoms with van der Waals surface area (Å²) in [4.78, 5) is 64.6. The molecule has 0 heterocycles. The molecule has 2 aromatic rings. The maximum atomic E-state index is 13.6. The molecule has 0 N–H and O–H groups in total. The highest BCUT2D eigenvalue weighted by atomic mass is 16.6. The average molecular weight is 466 g/mol. The lowest BCUT2D eigenvalue weighted by Gasteiger charge is -2.25. The van der Waals surface area contributed by atoms with Crippen LogP contribution in [0.4, 0.5) is 0 Å². The molecule has 3 rings (SSSR count). The second-order valence-corrected chi connectivity index (χ2v) is 8.85. The molecular formula is C26H26O8. The molecule has 2 aromatic carbocycles. The zero-order chi connectivity index (χ0) is 25.4. The topological polar surface area (TPSA) is 113 Å². The molecule has 34 heavy (non-hydrogen) atoms. The molecule has 8 nitrogen and oxygen atoms in total. The van der Waals surface area contributed by atoms with Crippen molar-refractivity contribution in [1.82, 2.24) is 0 Å². The number of Topliss-reactive ketones (excluding diaryl/α,β-unsaturated/α-hetero) is 1. The normalized spacial score (nSPS) is 12.5. The van der Waals surface area contributed by atoms with Gasteiger partial charge in [-0.25, -0.2) is 0 Å². The van der Waals surface area contributed by atoms with Crippen molar-refractivity contribution in [1.29, 1.82) is 0 Å². The Morgan fingerprint density at radius 3 is 2.18 bits per heavy atom. The van der Waals surface area contributed by atoms with Crippen LogP contribution in [0.3, 0.4) is 0 Å². The number of methoxy groups -OCH3 is 1. The van der Waals surface area contributed by atoms with E-state index in [1.807, 2.05) is 0 Å². The van der Waals surface area contributed by atoms with Crippen LogP contribution in [-0.2, 0) is 20.7 Å². The van der Waals surface area contributed by atoms with E-state index in [-0.39, 0.29) is 57.7 Å². The first-order valence-electron chi connectivity index (χ1n) is 10.8. The van der Waals surface area contributed by atoms with E-state index in [2.05, 4.69) is 0 Å². The van der Waals surface area contributed by atoms with Crippen molar-refractivity contribution >= 4 is 29.3 Å². The van der Waals surface area contributed by atoms with Gasteiger partial charge in [0.1, 0.15) is 11.4 Å². The van der Waals surface area contributed by atoms with Gasteiger partial charge >= 0.3 is 11.9 Å². The van der Waals surface area contributed by atoms with Crippen LogP contribution in [0, 0.1) is 0 Å². The van der Waals surface area contributed by atoms with Crippen LogP contribution in [0.1, 0.15) is 88.8 Å². The highest BCUT2D eigenvalue weighted by molar-refractivity contribution is 6.31. The third-order valence-electron chi connectivity index (χ3n) is 5.16. The molecule has 0 radical (unpaired) electrons. The maximum absolute atomic E-state index is 13.6. The number of carbonyl (C=O) groups is 5. The van der Waals surface area contributed by atoms with Crippen LogP contribution in [0.25, 0.3) is 0 Å². The summed E-state index contributed by atoms with van der Waals surface area (Å²) in [7, 11) is 1.37. The summed E-state index contributed by atoms with van der Waals surface area (Å²) < 4.78 is 16.1. The number of hydrogen-bond donors (Lipinski definition) is 0. The van der Waals surface area contributed by atoms with Crippen molar-refractivity contribution in [3.05, 3.63) is 57.6 Å². The molecule has 1 aliphatic rings. The number of esters is 2. The van der Waals surface area contributed by atoms with E-state index in [0.29, 0.717) is 0 Å². The highest BCUT2D eigenvalue weighted by Crippen LogP contribution is 2.41. The first kappa shape index (κ1) is 24.8. The van der Waals surface area contributed by atoms with Gasteiger partial charge in [-0.3, -0.25) is 24.0 Å². The monoisotopic (exact) mass is 466 g/mol. The molecule has 0 amide bonds.